The van der Waals surface area contributed by atoms with Crippen LogP contribution in [-0.4, -0.2) is 150 Å². The predicted molar refractivity (Wildman–Crippen MR) is 133 cm³/mol. The fourth-order valence-corrected chi connectivity index (χ4v) is 3.09. The van der Waals surface area contributed by atoms with Crippen LogP contribution < -0.4 is 21.3 Å². The van der Waals surface area contributed by atoms with Gasteiger partial charge in [-0.15, -0.1) is 0 Å². The first-order valence-electron chi connectivity index (χ1n) is 11.2. The van der Waals surface area contributed by atoms with Crippen molar-refractivity contribution in [1.82, 2.24) is 21.3 Å². The zero-order valence-corrected chi connectivity index (χ0v) is 20.9. The summed E-state index contributed by atoms with van der Waals surface area (Å²) in [6, 6.07) is 0. The van der Waals surface area contributed by atoms with Gasteiger partial charge >= 0.3 is 0 Å². The minimum Gasteiger partial charge on any atom is -0.394 e. The molecular weight excluding hydrogens is 508 g/mol. The number of thiocarbonyl (C=S) groups is 2. The van der Waals surface area contributed by atoms with Gasteiger partial charge in [0.25, 0.3) is 0 Å². The maximum Gasteiger partial charge on any atom is 0.166 e. The molecule has 0 heterocycles. The second-order valence-corrected chi connectivity index (χ2v) is 8.75. The molecule has 0 aromatic rings. The molecule has 0 aromatic carbocycles. The maximum absolute atomic E-state index is 9.82. The summed E-state index contributed by atoms with van der Waals surface area (Å²) in [7, 11) is 0. The van der Waals surface area contributed by atoms with Crippen LogP contribution in [0.25, 0.3) is 0 Å². The summed E-state index contributed by atoms with van der Waals surface area (Å²) in [4.78, 5) is 0. The van der Waals surface area contributed by atoms with Crippen LogP contribution in [0.3, 0.4) is 0 Å². The number of unbranched alkanes of at least 4 members (excludes halogenated alkanes) is 2. The van der Waals surface area contributed by atoms with Crippen molar-refractivity contribution >= 4 is 34.7 Å². The van der Waals surface area contributed by atoms with E-state index in [1.165, 1.54) is 0 Å². The van der Waals surface area contributed by atoms with Crippen LogP contribution in [0.5, 0.6) is 0 Å². The third kappa shape index (κ3) is 14.3. The molecule has 0 aliphatic carbocycles. The van der Waals surface area contributed by atoms with Gasteiger partial charge in [0.1, 0.15) is 36.6 Å². The predicted octanol–water partition coefficient (Wildman–Crippen LogP) is -6.04. The lowest BCUT2D eigenvalue weighted by Crippen LogP contribution is -2.50. The molecule has 0 rings (SSSR count). The zero-order chi connectivity index (χ0) is 27.0. The van der Waals surface area contributed by atoms with Crippen molar-refractivity contribution in [3.63, 3.8) is 0 Å². The van der Waals surface area contributed by atoms with Crippen LogP contribution in [0.2, 0.25) is 0 Å². The molecule has 0 amide bonds. The fraction of sp³-hybridized carbons (Fsp3) is 0.895. The average molecular weight is 549 g/mol. The highest BCUT2D eigenvalue weighted by Gasteiger charge is 2.30. The number of nitrogens with one attached hydrogen (secondary N) is 4. The number of aliphatic hydroxyl groups excluding tert-OH is 10. The quantitative estimate of drug-likeness (QED) is 0.0562. The van der Waals surface area contributed by atoms with E-state index in [-0.39, 0.29) is 23.3 Å². The number of hydrogen-bond acceptors (Lipinski definition) is 12. The molecule has 0 saturated carbocycles. The second kappa shape index (κ2) is 19.1. The molecule has 0 bridgehead atoms. The first-order chi connectivity index (χ1) is 16.5. The van der Waals surface area contributed by atoms with Gasteiger partial charge in [0.2, 0.25) is 0 Å². The van der Waals surface area contributed by atoms with E-state index in [1.807, 2.05) is 0 Å². The molecule has 208 valence electrons. The summed E-state index contributed by atoms with van der Waals surface area (Å²) < 4.78 is 0. The lowest BCUT2D eigenvalue weighted by Gasteiger charge is -2.26. The normalized spacial score (nSPS) is 18.3. The van der Waals surface area contributed by atoms with E-state index in [0.717, 1.165) is 19.3 Å². The van der Waals surface area contributed by atoms with Gasteiger partial charge in [0, 0.05) is 26.2 Å². The summed E-state index contributed by atoms with van der Waals surface area (Å²) in [6.07, 6.45) is -10.4. The van der Waals surface area contributed by atoms with E-state index in [2.05, 4.69) is 21.3 Å². The van der Waals surface area contributed by atoms with Crippen LogP contribution in [0.15, 0.2) is 0 Å². The summed E-state index contributed by atoms with van der Waals surface area (Å²) in [5.74, 6) is 0. The first kappa shape index (κ1) is 34.0. The van der Waals surface area contributed by atoms with Gasteiger partial charge in [-0.25, -0.2) is 0 Å². The van der Waals surface area contributed by atoms with Crippen LogP contribution in [-0.2, 0) is 0 Å². The van der Waals surface area contributed by atoms with Crippen molar-refractivity contribution in [1.29, 1.82) is 0 Å². The van der Waals surface area contributed by atoms with Crippen molar-refractivity contribution in [3.05, 3.63) is 0 Å². The molecule has 0 aliphatic rings. The Kier molecular flexibility index (Phi) is 18.6. The maximum atomic E-state index is 9.82. The highest BCUT2D eigenvalue weighted by molar-refractivity contribution is 7.80. The summed E-state index contributed by atoms with van der Waals surface area (Å²) in [5, 5.41) is 106. The summed E-state index contributed by atoms with van der Waals surface area (Å²) in [5.41, 5.74) is 0. The van der Waals surface area contributed by atoms with Gasteiger partial charge in [-0.1, -0.05) is 0 Å². The zero-order valence-electron chi connectivity index (χ0n) is 19.3. The lowest BCUT2D eigenvalue weighted by molar-refractivity contribution is -0.113. The third-order valence-electron chi connectivity index (χ3n) is 5.02. The molecule has 0 spiro atoms. The van der Waals surface area contributed by atoms with E-state index in [0.29, 0.717) is 13.1 Å². The minimum atomic E-state index is -1.70. The lowest BCUT2D eigenvalue weighted by atomic mass is 10.0. The molecule has 0 fully saturated rings. The Morgan fingerprint density at radius 1 is 0.486 bits per heavy atom. The van der Waals surface area contributed by atoms with Gasteiger partial charge in [-0.05, 0) is 43.7 Å². The monoisotopic (exact) mass is 548 g/mol. The van der Waals surface area contributed by atoms with E-state index >= 15 is 0 Å². The molecule has 0 aromatic heterocycles. The molecule has 16 heteroatoms. The van der Waals surface area contributed by atoms with Crippen LogP contribution in [0, 0.1) is 0 Å². The SMILES string of the molecule is OC[C@@H](O)[C@@H](O)[C@H](O)[C@@H](O)CNC(=S)NCCCCCNC(=S)NC[C@H](O)[C@@H](O)[C@H](O)[C@H](O)CO. The Morgan fingerprint density at radius 2 is 0.800 bits per heavy atom. The first-order valence-corrected chi connectivity index (χ1v) is 12.0. The smallest absolute Gasteiger partial charge is 0.166 e. The van der Waals surface area contributed by atoms with Crippen LogP contribution in [0.1, 0.15) is 19.3 Å². The van der Waals surface area contributed by atoms with Crippen molar-refractivity contribution < 1.29 is 51.1 Å². The topological polar surface area (TPSA) is 250 Å². The summed E-state index contributed by atoms with van der Waals surface area (Å²) >= 11 is 10.1. The van der Waals surface area contributed by atoms with Gasteiger partial charge in [-0.2, -0.15) is 0 Å². The van der Waals surface area contributed by atoms with Crippen molar-refractivity contribution in [2.24, 2.45) is 0 Å². The van der Waals surface area contributed by atoms with Crippen molar-refractivity contribution in [3.8, 4) is 0 Å². The minimum absolute atomic E-state index is 0.177. The number of aliphatic hydroxyl groups is 10. The van der Waals surface area contributed by atoms with Gasteiger partial charge in [0.05, 0.1) is 25.4 Å². The molecule has 14 nitrogen and oxygen atoms in total. The molecular formula is C19H40N4O10S2. The summed E-state index contributed by atoms with van der Waals surface area (Å²) in [6.45, 7) is -0.804. The Balaban J connectivity index is 3.87. The Morgan fingerprint density at radius 3 is 1.11 bits per heavy atom. The molecule has 35 heavy (non-hydrogen) atoms. The van der Waals surface area contributed by atoms with E-state index in [4.69, 9.17) is 34.6 Å². The van der Waals surface area contributed by atoms with Gasteiger partial charge < -0.3 is 72.3 Å². The second-order valence-electron chi connectivity index (χ2n) is 7.93. The van der Waals surface area contributed by atoms with E-state index in [1.54, 1.807) is 0 Å². The molecule has 8 atom stereocenters. The fourth-order valence-electron chi connectivity index (χ4n) is 2.72. The molecule has 14 N–H and O–H groups in total. The standard InChI is InChI=1S/C19H40N4O10S2/c24-8-12(28)16(32)14(30)10(26)6-22-18(34)20-4-2-1-3-5-21-19(35)23-7-11(27)15(31)17(33)13(29)9-25/h10-17,24-33H,1-9H2,(H2,20,22,34)(H2,21,23,35)/t10-,11-,12+,13+,14+,15+,16+,17+/m0/s1. The largest absolute Gasteiger partial charge is 0.394 e. The molecule has 0 unspecified atom stereocenters. The Bertz CT molecular complexity index is 550. The Hall–Kier alpha value is -1.02. The highest BCUT2D eigenvalue weighted by atomic mass is 32.1. The van der Waals surface area contributed by atoms with Crippen LogP contribution >= 0.6 is 24.4 Å². The third-order valence-corrected chi connectivity index (χ3v) is 5.60. The molecule has 0 aliphatic heterocycles. The van der Waals surface area contributed by atoms with Gasteiger partial charge in [-0.3, -0.25) is 0 Å². The average Bonchev–Trinajstić information content (AvgIpc) is 2.86. The van der Waals surface area contributed by atoms with Gasteiger partial charge in [0.15, 0.2) is 10.2 Å². The molecule has 0 radical (unpaired) electrons. The van der Waals surface area contributed by atoms with Crippen LogP contribution in [0.4, 0.5) is 0 Å². The number of hydrogen-bond donors (Lipinski definition) is 14. The van der Waals surface area contributed by atoms with E-state index < -0.39 is 62.0 Å². The molecule has 0 saturated heterocycles. The van der Waals surface area contributed by atoms with Crippen molar-refractivity contribution in [2.75, 3.05) is 39.4 Å². The van der Waals surface area contributed by atoms with E-state index in [9.17, 15) is 40.9 Å². The van der Waals surface area contributed by atoms with Crippen molar-refractivity contribution in [2.45, 2.75) is 68.1 Å². The number of rotatable bonds is 18. The Labute approximate surface area is 214 Å². The highest BCUT2D eigenvalue weighted by Crippen LogP contribution is 2.05.